The Balaban J connectivity index is 2.37. The van der Waals surface area contributed by atoms with E-state index in [0.717, 1.165) is 9.54 Å². The van der Waals surface area contributed by atoms with Gasteiger partial charge in [0, 0.05) is 18.8 Å². The lowest BCUT2D eigenvalue weighted by molar-refractivity contribution is 0.272. The largest absolute Gasteiger partial charge is 0.491 e. The number of hydrogen-bond acceptors (Lipinski definition) is 4. The second-order valence-electron chi connectivity index (χ2n) is 4.51. The van der Waals surface area contributed by atoms with Crippen molar-refractivity contribution in [2.75, 3.05) is 20.3 Å². The Hall–Kier alpha value is -1.38. The Bertz CT molecular complexity index is 746. The van der Waals surface area contributed by atoms with E-state index in [-0.39, 0.29) is 11.5 Å². The lowest BCUT2D eigenvalue weighted by atomic mass is 10.3. The Morgan fingerprint density at radius 1 is 1.36 bits per heavy atom. The number of alkyl halides is 1. The highest BCUT2D eigenvalue weighted by atomic mass is 79.9. The second-order valence-corrected chi connectivity index (χ2v) is 7.14. The van der Waals surface area contributed by atoms with E-state index in [9.17, 15) is 12.8 Å². The third kappa shape index (κ3) is 3.68. The number of nitrogens with one attached hydrogen (secondary N) is 1. The zero-order valence-electron chi connectivity index (χ0n) is 11.9. The minimum atomic E-state index is -3.75. The molecule has 1 aromatic carbocycles. The fraction of sp³-hybridized carbons (Fsp3) is 0.286. The molecule has 0 atom stereocenters. The van der Waals surface area contributed by atoms with Gasteiger partial charge in [-0.25, -0.2) is 16.8 Å². The summed E-state index contributed by atoms with van der Waals surface area (Å²) in [6, 6.07) is 7.74. The van der Waals surface area contributed by atoms with Crippen molar-refractivity contribution in [3.05, 3.63) is 46.7 Å². The smallest absolute Gasteiger partial charge is 0.268 e. The molecule has 0 aliphatic rings. The molecule has 0 spiro atoms. The van der Waals surface area contributed by atoms with Gasteiger partial charge in [0.15, 0.2) is 0 Å². The van der Waals surface area contributed by atoms with Crippen molar-refractivity contribution in [1.82, 2.24) is 9.29 Å². The van der Waals surface area contributed by atoms with Crippen LogP contribution in [0.5, 0.6) is 5.75 Å². The van der Waals surface area contributed by atoms with Crippen LogP contribution in [0.15, 0.2) is 46.0 Å². The number of halogens is 2. The van der Waals surface area contributed by atoms with Gasteiger partial charge in [0.2, 0.25) is 0 Å². The van der Waals surface area contributed by atoms with E-state index >= 15 is 0 Å². The molecule has 120 valence electrons. The van der Waals surface area contributed by atoms with E-state index in [1.165, 1.54) is 12.1 Å². The van der Waals surface area contributed by atoms with Crippen LogP contribution in [-0.2, 0) is 16.6 Å². The standard InChI is InChI=1S/C14H16BrFN2O3S/c1-17-9-11-7-14(15)18(10-11)22(19,20)13-4-2-3-12(8-13)21-6-5-16/h2-4,7-8,10,17H,5-6,9H2,1H3. The quantitative estimate of drug-likeness (QED) is 0.788. The van der Waals surface area contributed by atoms with Crippen molar-refractivity contribution in [3.8, 4) is 5.75 Å². The molecule has 0 aliphatic carbocycles. The number of nitrogens with zero attached hydrogens (tertiary/aromatic N) is 1. The Morgan fingerprint density at radius 2 is 2.14 bits per heavy atom. The van der Waals surface area contributed by atoms with Crippen molar-refractivity contribution in [1.29, 1.82) is 0 Å². The molecule has 0 radical (unpaired) electrons. The van der Waals surface area contributed by atoms with Gasteiger partial charge < -0.3 is 10.1 Å². The lowest BCUT2D eigenvalue weighted by Crippen LogP contribution is -2.13. The summed E-state index contributed by atoms with van der Waals surface area (Å²) in [5.41, 5.74) is 0.836. The first-order valence-electron chi connectivity index (χ1n) is 6.55. The summed E-state index contributed by atoms with van der Waals surface area (Å²) >= 11 is 3.26. The third-order valence-electron chi connectivity index (χ3n) is 2.89. The first kappa shape index (κ1) is 17.0. The Labute approximate surface area is 137 Å². The zero-order valence-corrected chi connectivity index (χ0v) is 14.3. The summed E-state index contributed by atoms with van der Waals surface area (Å²) in [5, 5.41) is 2.96. The van der Waals surface area contributed by atoms with Gasteiger partial charge in [-0.2, -0.15) is 0 Å². The molecule has 8 heteroatoms. The lowest BCUT2D eigenvalue weighted by Gasteiger charge is -2.09. The minimum absolute atomic E-state index is 0.0798. The number of benzene rings is 1. The Kier molecular flexibility index (Phi) is 5.60. The zero-order chi connectivity index (χ0) is 16.2. The fourth-order valence-corrected chi connectivity index (χ4v) is 4.21. The van der Waals surface area contributed by atoms with Crippen molar-refractivity contribution < 1.29 is 17.5 Å². The molecule has 0 aliphatic heterocycles. The predicted molar refractivity (Wildman–Crippen MR) is 85.4 cm³/mol. The first-order chi connectivity index (χ1) is 10.5. The van der Waals surface area contributed by atoms with E-state index < -0.39 is 16.7 Å². The molecule has 2 aromatic rings. The van der Waals surface area contributed by atoms with Crippen LogP contribution in [0.1, 0.15) is 5.56 Å². The molecule has 1 aromatic heterocycles. The maximum Gasteiger partial charge on any atom is 0.268 e. The molecule has 0 unspecified atom stereocenters. The van der Waals surface area contributed by atoms with Crippen molar-refractivity contribution in [2.24, 2.45) is 0 Å². The molecule has 2 rings (SSSR count). The van der Waals surface area contributed by atoms with Gasteiger partial charge in [0.25, 0.3) is 10.0 Å². The molecular weight excluding hydrogens is 375 g/mol. The molecule has 0 saturated heterocycles. The average Bonchev–Trinajstić information content (AvgIpc) is 2.87. The van der Waals surface area contributed by atoms with Crippen LogP contribution in [-0.4, -0.2) is 32.7 Å². The van der Waals surface area contributed by atoms with E-state index in [0.29, 0.717) is 16.9 Å². The molecular formula is C14H16BrFN2O3S. The SMILES string of the molecule is CNCc1cc(Br)n(S(=O)(=O)c2cccc(OCCF)c2)c1. The topological polar surface area (TPSA) is 60.3 Å². The second kappa shape index (κ2) is 7.26. The van der Waals surface area contributed by atoms with Crippen LogP contribution in [0.3, 0.4) is 0 Å². The number of ether oxygens (including phenoxy) is 1. The normalized spacial score (nSPS) is 11.6. The molecule has 0 saturated carbocycles. The molecule has 0 bridgehead atoms. The van der Waals surface area contributed by atoms with Gasteiger partial charge in [-0.1, -0.05) is 6.07 Å². The van der Waals surface area contributed by atoms with E-state index in [2.05, 4.69) is 21.2 Å². The summed E-state index contributed by atoms with van der Waals surface area (Å²) in [6.07, 6.45) is 1.55. The molecule has 22 heavy (non-hydrogen) atoms. The minimum Gasteiger partial charge on any atom is -0.491 e. The highest BCUT2D eigenvalue weighted by Gasteiger charge is 2.20. The van der Waals surface area contributed by atoms with Gasteiger partial charge in [0.1, 0.15) is 23.6 Å². The monoisotopic (exact) mass is 390 g/mol. The van der Waals surface area contributed by atoms with E-state index in [4.69, 9.17) is 4.74 Å². The van der Waals surface area contributed by atoms with Crippen LogP contribution in [0, 0.1) is 0 Å². The van der Waals surface area contributed by atoms with Gasteiger partial charge in [-0.05, 0) is 46.7 Å². The molecule has 1 N–H and O–H groups in total. The summed E-state index contributed by atoms with van der Waals surface area (Å²) < 4.78 is 44.2. The highest BCUT2D eigenvalue weighted by Crippen LogP contribution is 2.25. The summed E-state index contributed by atoms with van der Waals surface area (Å²) in [4.78, 5) is 0.0798. The maximum atomic E-state index is 12.7. The molecule has 1 heterocycles. The van der Waals surface area contributed by atoms with Crippen molar-refractivity contribution >= 4 is 26.0 Å². The molecule has 5 nitrogen and oxygen atoms in total. The Morgan fingerprint density at radius 3 is 2.82 bits per heavy atom. The van der Waals surface area contributed by atoms with Crippen LogP contribution < -0.4 is 10.1 Å². The summed E-state index contributed by atoms with van der Waals surface area (Å²) in [6.45, 7) is -0.183. The average molecular weight is 391 g/mol. The number of hydrogen-bond donors (Lipinski definition) is 1. The first-order valence-corrected chi connectivity index (χ1v) is 8.78. The van der Waals surface area contributed by atoms with Crippen molar-refractivity contribution in [2.45, 2.75) is 11.4 Å². The highest BCUT2D eigenvalue weighted by molar-refractivity contribution is 9.10. The predicted octanol–water partition coefficient (Wildman–Crippen LogP) is 2.56. The van der Waals surface area contributed by atoms with Crippen LogP contribution >= 0.6 is 15.9 Å². The van der Waals surface area contributed by atoms with Crippen molar-refractivity contribution in [3.63, 3.8) is 0 Å². The van der Waals surface area contributed by atoms with Gasteiger partial charge in [0.05, 0.1) is 4.90 Å². The van der Waals surface area contributed by atoms with Crippen LogP contribution in [0.4, 0.5) is 4.39 Å². The fourth-order valence-electron chi connectivity index (χ4n) is 1.95. The third-order valence-corrected chi connectivity index (χ3v) is 5.40. The number of rotatable bonds is 7. The van der Waals surface area contributed by atoms with Gasteiger partial charge >= 0.3 is 0 Å². The van der Waals surface area contributed by atoms with E-state index in [1.807, 2.05) is 0 Å². The van der Waals surface area contributed by atoms with Crippen LogP contribution in [0.25, 0.3) is 0 Å². The van der Waals surface area contributed by atoms with Gasteiger partial charge in [-0.3, -0.25) is 0 Å². The maximum absolute atomic E-state index is 12.7. The van der Waals surface area contributed by atoms with E-state index in [1.54, 1.807) is 31.4 Å². The number of aromatic nitrogens is 1. The van der Waals surface area contributed by atoms with Crippen LogP contribution in [0.2, 0.25) is 0 Å². The summed E-state index contributed by atoms with van der Waals surface area (Å²) in [7, 11) is -1.96. The molecule has 0 amide bonds. The van der Waals surface area contributed by atoms with Gasteiger partial charge in [-0.15, -0.1) is 0 Å². The molecule has 0 fully saturated rings. The summed E-state index contributed by atoms with van der Waals surface area (Å²) in [5.74, 6) is 0.317.